The van der Waals surface area contributed by atoms with Crippen molar-refractivity contribution in [1.82, 2.24) is 0 Å². The van der Waals surface area contributed by atoms with Crippen LogP contribution in [-0.4, -0.2) is 31.5 Å². The van der Waals surface area contributed by atoms with Crippen molar-refractivity contribution in [3.05, 3.63) is 66.7 Å². The number of nitrogens with one attached hydrogen (secondary N) is 1. The molecule has 0 spiro atoms. The van der Waals surface area contributed by atoms with Gasteiger partial charge < -0.3 is 19.9 Å². The van der Waals surface area contributed by atoms with Crippen molar-refractivity contribution >= 4 is 16.5 Å². The molecule has 4 heteroatoms. The number of methoxy groups -OCH3 is 1. The fraction of sp³-hybridized carbons (Fsp3) is 0.200. The van der Waals surface area contributed by atoms with Gasteiger partial charge in [-0.1, -0.05) is 48.5 Å². The van der Waals surface area contributed by atoms with Gasteiger partial charge in [-0.3, -0.25) is 0 Å². The molecule has 0 aromatic heterocycles. The van der Waals surface area contributed by atoms with Gasteiger partial charge in [-0.2, -0.15) is 0 Å². The van der Waals surface area contributed by atoms with Crippen molar-refractivity contribution in [2.75, 3.05) is 25.6 Å². The summed E-state index contributed by atoms with van der Waals surface area (Å²) in [7, 11) is 1.63. The third kappa shape index (κ3) is 3.78. The number of hydrogen-bond acceptors (Lipinski definition) is 4. The first-order valence-electron chi connectivity index (χ1n) is 7.93. The molecular weight excluding hydrogens is 302 g/mol. The van der Waals surface area contributed by atoms with Gasteiger partial charge >= 0.3 is 0 Å². The van der Waals surface area contributed by atoms with Crippen LogP contribution in [0.5, 0.6) is 11.5 Å². The number of para-hydroxylation sites is 2. The molecule has 1 unspecified atom stereocenters. The lowest BCUT2D eigenvalue weighted by molar-refractivity contribution is 0.118. The summed E-state index contributed by atoms with van der Waals surface area (Å²) in [5.74, 6) is 1.53. The van der Waals surface area contributed by atoms with E-state index in [0.717, 1.165) is 28.0 Å². The molecule has 3 aromatic rings. The van der Waals surface area contributed by atoms with Crippen LogP contribution in [0, 0.1) is 0 Å². The van der Waals surface area contributed by atoms with Gasteiger partial charge in [-0.15, -0.1) is 0 Å². The number of benzene rings is 3. The third-order valence-corrected chi connectivity index (χ3v) is 3.82. The molecule has 0 amide bonds. The second-order valence-corrected chi connectivity index (χ2v) is 5.52. The van der Waals surface area contributed by atoms with Gasteiger partial charge in [-0.05, 0) is 23.6 Å². The van der Waals surface area contributed by atoms with Crippen molar-refractivity contribution in [3.63, 3.8) is 0 Å². The standard InChI is InChI=1S/C20H21NO3/c1-23-20-11-5-4-10-18(20)21-13-16(22)14-24-19-12-6-8-15-7-2-3-9-17(15)19/h2-12,16,21-22H,13-14H2,1H3. The van der Waals surface area contributed by atoms with E-state index in [4.69, 9.17) is 9.47 Å². The lowest BCUT2D eigenvalue weighted by atomic mass is 10.1. The second-order valence-electron chi connectivity index (χ2n) is 5.52. The third-order valence-electron chi connectivity index (χ3n) is 3.82. The van der Waals surface area contributed by atoms with Crippen LogP contribution in [0.3, 0.4) is 0 Å². The molecule has 0 bridgehead atoms. The average molecular weight is 323 g/mol. The molecule has 0 saturated heterocycles. The zero-order valence-corrected chi connectivity index (χ0v) is 13.6. The Morgan fingerprint density at radius 2 is 1.62 bits per heavy atom. The topological polar surface area (TPSA) is 50.7 Å². The van der Waals surface area contributed by atoms with Crippen LogP contribution in [-0.2, 0) is 0 Å². The largest absolute Gasteiger partial charge is 0.495 e. The zero-order valence-electron chi connectivity index (χ0n) is 13.6. The van der Waals surface area contributed by atoms with Gasteiger partial charge in [0.05, 0.1) is 12.8 Å². The lowest BCUT2D eigenvalue weighted by Gasteiger charge is -2.16. The number of fused-ring (bicyclic) bond motifs is 1. The van der Waals surface area contributed by atoms with E-state index in [-0.39, 0.29) is 6.61 Å². The summed E-state index contributed by atoms with van der Waals surface area (Å²) in [5.41, 5.74) is 0.851. The summed E-state index contributed by atoms with van der Waals surface area (Å²) >= 11 is 0. The van der Waals surface area contributed by atoms with E-state index < -0.39 is 6.10 Å². The Balaban J connectivity index is 1.58. The van der Waals surface area contributed by atoms with Crippen molar-refractivity contribution in [1.29, 1.82) is 0 Å². The Bertz CT molecular complexity index is 798. The average Bonchev–Trinajstić information content (AvgIpc) is 2.64. The van der Waals surface area contributed by atoms with E-state index in [2.05, 4.69) is 5.32 Å². The van der Waals surface area contributed by atoms with E-state index in [0.29, 0.717) is 6.54 Å². The molecule has 0 aliphatic carbocycles. The second kappa shape index (κ2) is 7.70. The molecule has 24 heavy (non-hydrogen) atoms. The Morgan fingerprint density at radius 1 is 0.917 bits per heavy atom. The fourth-order valence-corrected chi connectivity index (χ4v) is 2.58. The van der Waals surface area contributed by atoms with E-state index in [1.807, 2.05) is 66.7 Å². The van der Waals surface area contributed by atoms with Crippen LogP contribution in [0.2, 0.25) is 0 Å². The van der Waals surface area contributed by atoms with Crippen LogP contribution in [0.1, 0.15) is 0 Å². The Kier molecular flexibility index (Phi) is 5.18. The van der Waals surface area contributed by atoms with Crippen LogP contribution in [0.25, 0.3) is 10.8 Å². The van der Waals surface area contributed by atoms with Gasteiger partial charge in [0.2, 0.25) is 0 Å². The van der Waals surface area contributed by atoms with Crippen molar-refractivity contribution in [2.45, 2.75) is 6.10 Å². The van der Waals surface area contributed by atoms with Crippen LogP contribution >= 0.6 is 0 Å². The maximum absolute atomic E-state index is 10.2. The minimum atomic E-state index is -0.631. The number of anilines is 1. The zero-order chi connectivity index (χ0) is 16.8. The van der Waals surface area contributed by atoms with Crippen molar-refractivity contribution in [3.8, 4) is 11.5 Å². The smallest absolute Gasteiger partial charge is 0.141 e. The molecule has 4 nitrogen and oxygen atoms in total. The van der Waals surface area contributed by atoms with Crippen LogP contribution < -0.4 is 14.8 Å². The Hall–Kier alpha value is -2.72. The first-order valence-corrected chi connectivity index (χ1v) is 7.93. The molecule has 124 valence electrons. The van der Waals surface area contributed by atoms with E-state index in [9.17, 15) is 5.11 Å². The highest BCUT2D eigenvalue weighted by Crippen LogP contribution is 2.25. The van der Waals surface area contributed by atoms with E-state index >= 15 is 0 Å². The minimum absolute atomic E-state index is 0.218. The molecule has 0 fully saturated rings. The predicted molar refractivity (Wildman–Crippen MR) is 96.9 cm³/mol. The first kappa shape index (κ1) is 16.1. The quantitative estimate of drug-likeness (QED) is 0.696. The maximum atomic E-state index is 10.2. The van der Waals surface area contributed by atoms with Gasteiger partial charge in [-0.25, -0.2) is 0 Å². The summed E-state index contributed by atoms with van der Waals surface area (Å²) in [5, 5.41) is 15.5. The highest BCUT2D eigenvalue weighted by atomic mass is 16.5. The van der Waals surface area contributed by atoms with Crippen molar-refractivity contribution < 1.29 is 14.6 Å². The molecule has 0 aliphatic rings. The van der Waals surface area contributed by atoms with Crippen LogP contribution in [0.4, 0.5) is 5.69 Å². The molecule has 2 N–H and O–H groups in total. The van der Waals surface area contributed by atoms with Gasteiger partial charge in [0.25, 0.3) is 0 Å². The molecule has 0 heterocycles. The van der Waals surface area contributed by atoms with Crippen molar-refractivity contribution in [2.24, 2.45) is 0 Å². The van der Waals surface area contributed by atoms with E-state index in [1.54, 1.807) is 7.11 Å². The maximum Gasteiger partial charge on any atom is 0.141 e. The summed E-state index contributed by atoms with van der Waals surface area (Å²) in [6.07, 6.45) is -0.631. The van der Waals surface area contributed by atoms with Gasteiger partial charge in [0.15, 0.2) is 0 Å². The summed E-state index contributed by atoms with van der Waals surface area (Å²) in [6.45, 7) is 0.599. The minimum Gasteiger partial charge on any atom is -0.495 e. The molecule has 0 aliphatic heterocycles. The molecular formula is C20H21NO3. The molecule has 0 radical (unpaired) electrons. The Labute approximate surface area is 141 Å². The summed E-state index contributed by atoms with van der Waals surface area (Å²) in [6, 6.07) is 21.6. The summed E-state index contributed by atoms with van der Waals surface area (Å²) < 4.78 is 11.1. The molecule has 1 atom stereocenters. The number of aliphatic hydroxyl groups excluding tert-OH is 1. The fourth-order valence-electron chi connectivity index (χ4n) is 2.58. The van der Waals surface area contributed by atoms with E-state index in [1.165, 1.54) is 0 Å². The highest BCUT2D eigenvalue weighted by molar-refractivity contribution is 5.88. The monoisotopic (exact) mass is 323 g/mol. The predicted octanol–water partition coefficient (Wildman–Crippen LogP) is 3.70. The molecule has 3 aromatic carbocycles. The number of aliphatic hydroxyl groups is 1. The number of ether oxygens (including phenoxy) is 2. The van der Waals surface area contributed by atoms with Gasteiger partial charge in [0.1, 0.15) is 24.2 Å². The first-order chi connectivity index (χ1) is 11.8. The van der Waals surface area contributed by atoms with Gasteiger partial charge in [0, 0.05) is 11.9 Å². The summed E-state index contributed by atoms with van der Waals surface area (Å²) in [4.78, 5) is 0. The van der Waals surface area contributed by atoms with Crippen LogP contribution in [0.15, 0.2) is 66.7 Å². The SMILES string of the molecule is COc1ccccc1NCC(O)COc1cccc2ccccc12. The lowest BCUT2D eigenvalue weighted by Crippen LogP contribution is -2.26. The molecule has 3 rings (SSSR count). The molecule has 0 saturated carbocycles. The normalized spacial score (nSPS) is 11.9. The number of hydrogen-bond donors (Lipinski definition) is 2. The highest BCUT2D eigenvalue weighted by Gasteiger charge is 2.09. The Morgan fingerprint density at radius 3 is 2.50 bits per heavy atom. The number of rotatable bonds is 7.